The van der Waals surface area contributed by atoms with Gasteiger partial charge in [-0.05, 0) is 34.7 Å². The molecular formula is C14H19N. The summed E-state index contributed by atoms with van der Waals surface area (Å²) in [6, 6.07) is 13.1. The second-order valence-electron chi connectivity index (χ2n) is 3.63. The number of rotatable bonds is 2. The summed E-state index contributed by atoms with van der Waals surface area (Å²) in [6.07, 6.45) is 2.26. The second kappa shape index (κ2) is 4.94. The van der Waals surface area contributed by atoms with Crippen LogP contribution in [0.3, 0.4) is 0 Å². The molecule has 0 radical (unpaired) electrons. The molecule has 3 N–H and O–H groups in total. The van der Waals surface area contributed by atoms with Gasteiger partial charge in [-0.1, -0.05) is 50.2 Å². The van der Waals surface area contributed by atoms with E-state index < -0.39 is 0 Å². The summed E-state index contributed by atoms with van der Waals surface area (Å²) >= 11 is 0. The molecule has 0 fully saturated rings. The summed E-state index contributed by atoms with van der Waals surface area (Å²) in [5, 5.41) is 2.79. The van der Waals surface area contributed by atoms with E-state index in [-0.39, 0.29) is 6.15 Å². The molecule has 0 saturated heterocycles. The molecule has 1 nitrogen and oxygen atoms in total. The number of benzene rings is 2. The van der Waals surface area contributed by atoms with Crippen LogP contribution in [0.4, 0.5) is 0 Å². The molecule has 2 aromatic rings. The van der Waals surface area contributed by atoms with E-state index in [4.69, 9.17) is 0 Å². The van der Waals surface area contributed by atoms with Gasteiger partial charge in [0, 0.05) is 0 Å². The molecular weight excluding hydrogens is 182 g/mol. The Bertz CT molecular complexity index is 446. The Morgan fingerprint density at radius 3 is 2.27 bits per heavy atom. The smallest absolute Gasteiger partial charge is 0.0149 e. The van der Waals surface area contributed by atoms with Gasteiger partial charge in [0.1, 0.15) is 0 Å². The minimum absolute atomic E-state index is 0. The van der Waals surface area contributed by atoms with Crippen LogP contribution in [-0.4, -0.2) is 0 Å². The lowest BCUT2D eigenvalue weighted by atomic mass is 9.96. The van der Waals surface area contributed by atoms with Crippen LogP contribution >= 0.6 is 0 Å². The van der Waals surface area contributed by atoms with Gasteiger partial charge >= 0.3 is 0 Å². The van der Waals surface area contributed by atoms with Crippen LogP contribution in [0.1, 0.15) is 25.0 Å². The van der Waals surface area contributed by atoms with Crippen molar-refractivity contribution in [3.05, 3.63) is 47.5 Å². The Balaban J connectivity index is 0.00000112. The first-order chi connectivity index (χ1) is 6.86. The quantitative estimate of drug-likeness (QED) is 0.779. The van der Waals surface area contributed by atoms with Crippen molar-refractivity contribution in [2.24, 2.45) is 0 Å². The highest BCUT2D eigenvalue weighted by Crippen LogP contribution is 2.23. The minimum atomic E-state index is 0. The standard InChI is InChI=1S/C14H16.H3N/c1-3-11-9-10-12-7-5-6-8-14(12)13(11)4-2;/h5-10H,3-4H2,1-2H3;1H3. The Labute approximate surface area is 91.7 Å². The summed E-state index contributed by atoms with van der Waals surface area (Å²) in [7, 11) is 0. The van der Waals surface area contributed by atoms with Crippen LogP contribution < -0.4 is 6.15 Å². The fourth-order valence-electron chi connectivity index (χ4n) is 2.13. The van der Waals surface area contributed by atoms with Crippen molar-refractivity contribution in [3.63, 3.8) is 0 Å². The molecule has 0 amide bonds. The van der Waals surface area contributed by atoms with Crippen molar-refractivity contribution in [1.29, 1.82) is 0 Å². The van der Waals surface area contributed by atoms with Gasteiger partial charge in [0.15, 0.2) is 0 Å². The predicted octanol–water partition coefficient (Wildman–Crippen LogP) is 4.13. The van der Waals surface area contributed by atoms with Gasteiger partial charge in [-0.25, -0.2) is 0 Å². The maximum atomic E-state index is 2.27. The molecule has 0 saturated carbocycles. The average Bonchev–Trinajstić information content (AvgIpc) is 2.27. The van der Waals surface area contributed by atoms with E-state index in [2.05, 4.69) is 50.2 Å². The largest absolute Gasteiger partial charge is 0.344 e. The Morgan fingerprint density at radius 1 is 0.867 bits per heavy atom. The molecule has 0 aromatic heterocycles. The topological polar surface area (TPSA) is 35.0 Å². The van der Waals surface area contributed by atoms with Gasteiger partial charge in [-0.15, -0.1) is 0 Å². The zero-order valence-electron chi connectivity index (χ0n) is 9.59. The molecule has 2 aromatic carbocycles. The number of hydrogen-bond acceptors (Lipinski definition) is 1. The highest BCUT2D eigenvalue weighted by atomic mass is 14.1. The van der Waals surface area contributed by atoms with Gasteiger partial charge in [0.2, 0.25) is 0 Å². The third-order valence-electron chi connectivity index (χ3n) is 2.87. The van der Waals surface area contributed by atoms with E-state index in [9.17, 15) is 0 Å². The SMILES string of the molecule is CCc1ccc2ccccc2c1CC.N. The van der Waals surface area contributed by atoms with Crippen molar-refractivity contribution in [2.75, 3.05) is 0 Å². The molecule has 0 aliphatic carbocycles. The van der Waals surface area contributed by atoms with Crippen LogP contribution in [-0.2, 0) is 12.8 Å². The zero-order chi connectivity index (χ0) is 9.97. The second-order valence-corrected chi connectivity index (χ2v) is 3.63. The highest BCUT2D eigenvalue weighted by Gasteiger charge is 2.03. The van der Waals surface area contributed by atoms with E-state index in [0.29, 0.717) is 0 Å². The maximum absolute atomic E-state index is 2.27. The molecule has 0 atom stereocenters. The van der Waals surface area contributed by atoms with E-state index in [1.165, 1.54) is 21.9 Å². The van der Waals surface area contributed by atoms with Crippen molar-refractivity contribution in [1.82, 2.24) is 6.15 Å². The maximum Gasteiger partial charge on any atom is -0.0149 e. The van der Waals surface area contributed by atoms with E-state index in [1.807, 2.05) is 0 Å². The molecule has 0 bridgehead atoms. The van der Waals surface area contributed by atoms with Crippen molar-refractivity contribution in [2.45, 2.75) is 26.7 Å². The lowest BCUT2D eigenvalue weighted by Gasteiger charge is -2.09. The van der Waals surface area contributed by atoms with Crippen molar-refractivity contribution >= 4 is 10.8 Å². The normalized spacial score (nSPS) is 10.0. The predicted molar refractivity (Wildman–Crippen MR) is 67.7 cm³/mol. The lowest BCUT2D eigenvalue weighted by Crippen LogP contribution is -1.92. The summed E-state index contributed by atoms with van der Waals surface area (Å²) < 4.78 is 0. The summed E-state index contributed by atoms with van der Waals surface area (Å²) in [4.78, 5) is 0. The van der Waals surface area contributed by atoms with E-state index in [0.717, 1.165) is 12.8 Å². The van der Waals surface area contributed by atoms with Crippen LogP contribution in [0.15, 0.2) is 36.4 Å². The van der Waals surface area contributed by atoms with Crippen LogP contribution in [0.2, 0.25) is 0 Å². The number of fused-ring (bicyclic) bond motifs is 1. The molecule has 0 unspecified atom stereocenters. The first kappa shape index (κ1) is 11.7. The minimum Gasteiger partial charge on any atom is -0.344 e. The van der Waals surface area contributed by atoms with E-state index in [1.54, 1.807) is 0 Å². The lowest BCUT2D eigenvalue weighted by molar-refractivity contribution is 1.05. The first-order valence-electron chi connectivity index (χ1n) is 5.36. The Kier molecular flexibility index (Phi) is 3.87. The number of hydrogen-bond donors (Lipinski definition) is 1. The fourth-order valence-corrected chi connectivity index (χ4v) is 2.13. The van der Waals surface area contributed by atoms with Crippen LogP contribution in [0, 0.1) is 0 Å². The molecule has 0 aliphatic rings. The van der Waals surface area contributed by atoms with E-state index >= 15 is 0 Å². The van der Waals surface area contributed by atoms with Gasteiger partial charge in [0.05, 0.1) is 0 Å². The molecule has 0 spiro atoms. The third-order valence-corrected chi connectivity index (χ3v) is 2.87. The molecule has 2 rings (SSSR count). The average molecular weight is 201 g/mol. The Hall–Kier alpha value is -1.34. The van der Waals surface area contributed by atoms with Gasteiger partial charge in [0.25, 0.3) is 0 Å². The molecule has 80 valence electrons. The summed E-state index contributed by atoms with van der Waals surface area (Å²) in [6.45, 7) is 4.46. The number of aryl methyl sites for hydroxylation is 2. The van der Waals surface area contributed by atoms with Crippen molar-refractivity contribution in [3.8, 4) is 0 Å². The van der Waals surface area contributed by atoms with Gasteiger partial charge in [-0.3, -0.25) is 0 Å². The van der Waals surface area contributed by atoms with Crippen molar-refractivity contribution < 1.29 is 0 Å². The molecule has 15 heavy (non-hydrogen) atoms. The summed E-state index contributed by atoms with van der Waals surface area (Å²) in [5.74, 6) is 0. The van der Waals surface area contributed by atoms with Crippen LogP contribution in [0.5, 0.6) is 0 Å². The van der Waals surface area contributed by atoms with Crippen LogP contribution in [0.25, 0.3) is 10.8 Å². The molecule has 0 heterocycles. The zero-order valence-corrected chi connectivity index (χ0v) is 9.59. The first-order valence-corrected chi connectivity index (χ1v) is 5.36. The highest BCUT2D eigenvalue weighted by molar-refractivity contribution is 5.86. The van der Waals surface area contributed by atoms with Gasteiger partial charge < -0.3 is 6.15 Å². The molecule has 1 heteroatoms. The summed E-state index contributed by atoms with van der Waals surface area (Å²) in [5.41, 5.74) is 3.01. The molecule has 0 aliphatic heterocycles. The fraction of sp³-hybridized carbons (Fsp3) is 0.286. The van der Waals surface area contributed by atoms with Gasteiger partial charge in [-0.2, -0.15) is 0 Å². The monoisotopic (exact) mass is 201 g/mol. The Morgan fingerprint density at radius 2 is 1.60 bits per heavy atom. The third kappa shape index (κ3) is 2.02.